The van der Waals surface area contributed by atoms with Gasteiger partial charge in [0.25, 0.3) is 11.6 Å². The molecule has 2 aromatic rings. The van der Waals surface area contributed by atoms with Gasteiger partial charge >= 0.3 is 0 Å². The maximum absolute atomic E-state index is 12.3. The number of nitrogens with one attached hydrogen (secondary N) is 2. The number of methoxy groups -OCH3 is 1. The number of non-ortho nitro benzene ring substituents is 1. The summed E-state index contributed by atoms with van der Waals surface area (Å²) in [6, 6.07) is 10.9. The fraction of sp³-hybridized carbons (Fsp3) is 0.133. The number of carbonyl (C=O) groups is 1. The Hall–Kier alpha value is -3.09. The van der Waals surface area contributed by atoms with Crippen molar-refractivity contribution in [3.8, 4) is 5.75 Å². The van der Waals surface area contributed by atoms with E-state index in [1.165, 1.54) is 18.2 Å². The molecule has 0 unspecified atom stereocenters. The normalized spacial score (nSPS) is 9.91. The molecule has 0 aromatic heterocycles. The molecule has 2 aromatic carbocycles. The van der Waals surface area contributed by atoms with Gasteiger partial charge in [0.2, 0.25) is 0 Å². The van der Waals surface area contributed by atoms with Gasteiger partial charge < -0.3 is 15.4 Å². The SMILES string of the molecule is CNc1ccc([N+](=O)[O-])cc1C(=O)Nc1ccc(OC)cc1. The molecule has 2 rings (SSSR count). The van der Waals surface area contributed by atoms with Crippen LogP contribution in [0.4, 0.5) is 17.1 Å². The molecular weight excluding hydrogens is 286 g/mol. The number of rotatable bonds is 5. The van der Waals surface area contributed by atoms with Crippen LogP contribution in [0.15, 0.2) is 42.5 Å². The summed E-state index contributed by atoms with van der Waals surface area (Å²) in [5.41, 5.74) is 1.14. The second-order valence-corrected chi connectivity index (χ2v) is 4.42. The van der Waals surface area contributed by atoms with E-state index >= 15 is 0 Å². The van der Waals surface area contributed by atoms with Crippen LogP contribution >= 0.6 is 0 Å². The summed E-state index contributed by atoms with van der Waals surface area (Å²) in [6.07, 6.45) is 0. The Balaban J connectivity index is 2.27. The summed E-state index contributed by atoms with van der Waals surface area (Å²) >= 11 is 0. The average Bonchev–Trinajstić information content (AvgIpc) is 2.54. The third kappa shape index (κ3) is 3.32. The van der Waals surface area contributed by atoms with Crippen molar-refractivity contribution in [1.82, 2.24) is 0 Å². The number of hydrogen-bond acceptors (Lipinski definition) is 5. The third-order valence-corrected chi connectivity index (χ3v) is 3.08. The zero-order chi connectivity index (χ0) is 16.1. The second kappa shape index (κ2) is 6.57. The number of anilines is 2. The molecule has 0 aliphatic heterocycles. The van der Waals surface area contributed by atoms with Crippen molar-refractivity contribution < 1.29 is 14.5 Å². The van der Waals surface area contributed by atoms with Gasteiger partial charge in [-0.05, 0) is 30.3 Å². The van der Waals surface area contributed by atoms with E-state index in [0.29, 0.717) is 17.1 Å². The number of ether oxygens (including phenoxy) is 1. The summed E-state index contributed by atoms with van der Waals surface area (Å²) < 4.78 is 5.04. The fourth-order valence-corrected chi connectivity index (χ4v) is 1.92. The maximum atomic E-state index is 12.3. The highest BCUT2D eigenvalue weighted by molar-refractivity contribution is 6.08. The highest BCUT2D eigenvalue weighted by Crippen LogP contribution is 2.23. The van der Waals surface area contributed by atoms with Crippen LogP contribution in [0.2, 0.25) is 0 Å². The van der Waals surface area contributed by atoms with Crippen molar-refractivity contribution in [2.24, 2.45) is 0 Å². The van der Waals surface area contributed by atoms with Crippen molar-refractivity contribution in [3.63, 3.8) is 0 Å². The van der Waals surface area contributed by atoms with Crippen LogP contribution in [0, 0.1) is 10.1 Å². The lowest BCUT2D eigenvalue weighted by Gasteiger charge is -2.10. The van der Waals surface area contributed by atoms with Crippen LogP contribution in [0.3, 0.4) is 0 Å². The van der Waals surface area contributed by atoms with Crippen LogP contribution in [0.1, 0.15) is 10.4 Å². The van der Waals surface area contributed by atoms with Crippen LogP contribution in [0.5, 0.6) is 5.75 Å². The Morgan fingerprint density at radius 1 is 1.18 bits per heavy atom. The zero-order valence-corrected chi connectivity index (χ0v) is 12.1. The van der Waals surface area contributed by atoms with E-state index in [1.54, 1.807) is 38.4 Å². The molecule has 7 heteroatoms. The first-order valence-corrected chi connectivity index (χ1v) is 6.46. The van der Waals surface area contributed by atoms with Gasteiger partial charge in [-0.1, -0.05) is 0 Å². The Morgan fingerprint density at radius 3 is 2.41 bits per heavy atom. The number of amides is 1. The van der Waals surface area contributed by atoms with Gasteiger partial charge in [0, 0.05) is 30.6 Å². The highest BCUT2D eigenvalue weighted by Gasteiger charge is 2.16. The molecule has 0 spiro atoms. The molecule has 0 saturated carbocycles. The van der Waals surface area contributed by atoms with Crippen molar-refractivity contribution in [2.45, 2.75) is 0 Å². The predicted octanol–water partition coefficient (Wildman–Crippen LogP) is 2.90. The highest BCUT2D eigenvalue weighted by atomic mass is 16.6. The Bertz CT molecular complexity index is 698. The molecule has 0 aliphatic rings. The Kier molecular flexibility index (Phi) is 4.57. The van der Waals surface area contributed by atoms with Gasteiger partial charge in [-0.25, -0.2) is 0 Å². The second-order valence-electron chi connectivity index (χ2n) is 4.42. The standard InChI is InChI=1S/C15H15N3O4/c1-16-14-8-5-11(18(20)21)9-13(14)15(19)17-10-3-6-12(22-2)7-4-10/h3-9,16H,1-2H3,(H,17,19). The van der Waals surface area contributed by atoms with Gasteiger partial charge in [0.1, 0.15) is 5.75 Å². The molecule has 0 atom stereocenters. The maximum Gasteiger partial charge on any atom is 0.270 e. The van der Waals surface area contributed by atoms with E-state index in [1.807, 2.05) is 0 Å². The molecule has 22 heavy (non-hydrogen) atoms. The number of benzene rings is 2. The van der Waals surface area contributed by atoms with Crippen molar-refractivity contribution in [1.29, 1.82) is 0 Å². The molecular formula is C15H15N3O4. The van der Waals surface area contributed by atoms with Gasteiger partial charge in [-0.3, -0.25) is 14.9 Å². The molecule has 0 aliphatic carbocycles. The summed E-state index contributed by atoms with van der Waals surface area (Å²) in [4.78, 5) is 22.6. The van der Waals surface area contributed by atoms with Gasteiger partial charge in [0.15, 0.2) is 0 Å². The summed E-state index contributed by atoms with van der Waals surface area (Å²) in [5, 5.41) is 16.4. The van der Waals surface area contributed by atoms with Crippen LogP contribution in [-0.2, 0) is 0 Å². The average molecular weight is 301 g/mol. The van der Waals surface area contributed by atoms with E-state index < -0.39 is 10.8 Å². The lowest BCUT2D eigenvalue weighted by Crippen LogP contribution is -2.14. The lowest BCUT2D eigenvalue weighted by molar-refractivity contribution is -0.384. The topological polar surface area (TPSA) is 93.5 Å². The van der Waals surface area contributed by atoms with E-state index in [4.69, 9.17) is 4.74 Å². The summed E-state index contributed by atoms with van der Waals surface area (Å²) in [6.45, 7) is 0. The quantitative estimate of drug-likeness (QED) is 0.654. The first-order valence-electron chi connectivity index (χ1n) is 6.46. The molecule has 0 bridgehead atoms. The smallest absolute Gasteiger partial charge is 0.270 e. The summed E-state index contributed by atoms with van der Waals surface area (Å²) in [7, 11) is 3.20. The molecule has 1 amide bonds. The van der Waals surface area contributed by atoms with Crippen LogP contribution < -0.4 is 15.4 Å². The van der Waals surface area contributed by atoms with Gasteiger partial charge in [-0.2, -0.15) is 0 Å². The molecule has 0 saturated heterocycles. The molecule has 0 heterocycles. The number of nitro groups is 1. The van der Waals surface area contributed by atoms with Crippen molar-refractivity contribution in [3.05, 3.63) is 58.1 Å². The molecule has 0 fully saturated rings. The largest absolute Gasteiger partial charge is 0.497 e. The minimum atomic E-state index is -0.538. The monoisotopic (exact) mass is 301 g/mol. The molecule has 7 nitrogen and oxygen atoms in total. The molecule has 0 radical (unpaired) electrons. The van der Waals surface area contributed by atoms with Gasteiger partial charge in [0.05, 0.1) is 17.6 Å². The van der Waals surface area contributed by atoms with E-state index in [9.17, 15) is 14.9 Å². The lowest BCUT2D eigenvalue weighted by atomic mass is 10.1. The van der Waals surface area contributed by atoms with Crippen LogP contribution in [-0.4, -0.2) is 25.0 Å². The summed E-state index contributed by atoms with van der Waals surface area (Å²) in [5.74, 6) is 0.238. The van der Waals surface area contributed by atoms with Gasteiger partial charge in [-0.15, -0.1) is 0 Å². The number of nitro benzene ring substituents is 1. The minimum Gasteiger partial charge on any atom is -0.497 e. The first kappa shape index (κ1) is 15.3. The fourth-order valence-electron chi connectivity index (χ4n) is 1.92. The van der Waals surface area contributed by atoms with Crippen LogP contribution in [0.25, 0.3) is 0 Å². The third-order valence-electron chi connectivity index (χ3n) is 3.08. The zero-order valence-electron chi connectivity index (χ0n) is 12.1. The first-order chi connectivity index (χ1) is 10.5. The Morgan fingerprint density at radius 2 is 1.86 bits per heavy atom. The minimum absolute atomic E-state index is 0.140. The molecule has 2 N–H and O–H groups in total. The van der Waals surface area contributed by atoms with Crippen molar-refractivity contribution in [2.75, 3.05) is 24.8 Å². The predicted molar refractivity (Wildman–Crippen MR) is 83.6 cm³/mol. The van der Waals surface area contributed by atoms with E-state index in [2.05, 4.69) is 10.6 Å². The number of nitrogens with zero attached hydrogens (tertiary/aromatic N) is 1. The Labute approximate surface area is 127 Å². The van der Waals surface area contributed by atoms with E-state index in [-0.39, 0.29) is 11.3 Å². The van der Waals surface area contributed by atoms with Crippen molar-refractivity contribution >= 4 is 23.0 Å². The number of carbonyl (C=O) groups excluding carboxylic acids is 1. The number of hydrogen-bond donors (Lipinski definition) is 2. The molecule has 114 valence electrons. The van der Waals surface area contributed by atoms with E-state index in [0.717, 1.165) is 0 Å².